The maximum Gasteiger partial charge on any atom is 0.190 e. The van der Waals surface area contributed by atoms with Gasteiger partial charge in [-0.25, -0.2) is 9.67 Å². The van der Waals surface area contributed by atoms with Crippen LogP contribution in [0.15, 0.2) is 60.9 Å². The molecule has 0 aliphatic rings. The molecule has 0 radical (unpaired) electrons. The van der Waals surface area contributed by atoms with E-state index in [0.717, 1.165) is 3.83 Å². The molecule has 3 nitrogen and oxygen atoms in total. The first kappa shape index (κ1) is 13.3. The summed E-state index contributed by atoms with van der Waals surface area (Å²) in [5.41, 5.74) is 3.72. The lowest BCUT2D eigenvalue weighted by Crippen LogP contribution is -2.16. The van der Waals surface area contributed by atoms with Crippen molar-refractivity contribution in [3.05, 3.63) is 81.4 Å². The summed E-state index contributed by atoms with van der Waals surface area (Å²) in [6.07, 6.45) is 1.61. The Bertz CT molecular complexity index is 707. The number of nitrogens with zero attached hydrogens (tertiary/aromatic N) is 3. The normalized spacial score (nSPS) is 12.3. The zero-order valence-electron chi connectivity index (χ0n) is 11.1. The summed E-state index contributed by atoms with van der Waals surface area (Å²) < 4.78 is 2.86. The lowest BCUT2D eigenvalue weighted by molar-refractivity contribution is 0.576. The Balaban J connectivity index is 2.20. The Morgan fingerprint density at radius 1 is 1.00 bits per heavy atom. The highest BCUT2D eigenvalue weighted by Crippen LogP contribution is 2.29. The topological polar surface area (TPSA) is 30.7 Å². The minimum atomic E-state index is 0.0619. The van der Waals surface area contributed by atoms with Crippen molar-refractivity contribution < 1.29 is 0 Å². The molecule has 0 aliphatic carbocycles. The summed E-state index contributed by atoms with van der Waals surface area (Å²) in [4.78, 5) is 4.26. The van der Waals surface area contributed by atoms with Gasteiger partial charge in [0.2, 0.25) is 0 Å². The van der Waals surface area contributed by atoms with Crippen molar-refractivity contribution in [1.82, 2.24) is 14.8 Å². The highest BCUT2D eigenvalue weighted by atomic mass is 127. The Kier molecular flexibility index (Phi) is 3.82. The van der Waals surface area contributed by atoms with Gasteiger partial charge < -0.3 is 0 Å². The lowest BCUT2D eigenvalue weighted by Gasteiger charge is -2.21. The molecular weight excluding hydrogens is 361 g/mol. The maximum absolute atomic E-state index is 4.41. The summed E-state index contributed by atoms with van der Waals surface area (Å²) in [5.74, 6) is 0. The van der Waals surface area contributed by atoms with Crippen LogP contribution in [0.25, 0.3) is 0 Å². The zero-order chi connectivity index (χ0) is 13.9. The van der Waals surface area contributed by atoms with Gasteiger partial charge in [-0.15, -0.1) is 0 Å². The minimum absolute atomic E-state index is 0.0619. The van der Waals surface area contributed by atoms with Gasteiger partial charge in [-0.05, 0) is 23.6 Å². The molecule has 0 saturated heterocycles. The second-order valence-corrected chi connectivity index (χ2v) is 5.61. The van der Waals surface area contributed by atoms with Crippen molar-refractivity contribution in [2.24, 2.45) is 0 Å². The molecule has 0 bridgehead atoms. The largest absolute Gasteiger partial charge is 0.229 e. The van der Waals surface area contributed by atoms with Gasteiger partial charge in [0, 0.05) is 22.6 Å². The van der Waals surface area contributed by atoms with Crippen LogP contribution in [0.1, 0.15) is 22.7 Å². The molecule has 1 unspecified atom stereocenters. The summed E-state index contributed by atoms with van der Waals surface area (Å²) in [5, 5.41) is 4.41. The third-order valence-electron chi connectivity index (χ3n) is 3.37. The molecule has 3 aromatic rings. The molecule has 0 fully saturated rings. The molecule has 0 aliphatic heterocycles. The molecule has 100 valence electrons. The van der Waals surface area contributed by atoms with E-state index in [1.54, 1.807) is 6.33 Å². The first-order chi connectivity index (χ1) is 9.77. The Morgan fingerprint density at radius 2 is 1.70 bits per heavy atom. The molecule has 4 heteroatoms. The van der Waals surface area contributed by atoms with Gasteiger partial charge in [0.25, 0.3) is 0 Å². The number of hydrogen-bond acceptors (Lipinski definition) is 2. The van der Waals surface area contributed by atoms with Crippen LogP contribution in [0.3, 0.4) is 0 Å². The van der Waals surface area contributed by atoms with Crippen molar-refractivity contribution >= 4 is 22.6 Å². The van der Waals surface area contributed by atoms with Crippen LogP contribution in [0, 0.1) is 10.8 Å². The van der Waals surface area contributed by atoms with Gasteiger partial charge in [-0.2, -0.15) is 5.10 Å². The average Bonchev–Trinajstić information content (AvgIpc) is 2.89. The third-order valence-corrected chi connectivity index (χ3v) is 4.15. The number of aryl methyl sites for hydroxylation is 1. The standard InChI is InChI=1S/C16H14IN3/c1-12-7-5-6-10-14(12)15(13-8-3-2-4-9-13)20-16(17)18-11-19-20/h2-11,15H,1H3. The first-order valence-corrected chi connectivity index (χ1v) is 7.50. The smallest absolute Gasteiger partial charge is 0.190 e. The Hall–Kier alpha value is -1.69. The third kappa shape index (κ3) is 2.47. The number of benzene rings is 2. The molecule has 0 spiro atoms. The van der Waals surface area contributed by atoms with Crippen LogP contribution in [0.5, 0.6) is 0 Å². The summed E-state index contributed by atoms with van der Waals surface area (Å²) in [6.45, 7) is 2.13. The summed E-state index contributed by atoms with van der Waals surface area (Å²) in [7, 11) is 0. The van der Waals surface area contributed by atoms with E-state index in [0.29, 0.717) is 0 Å². The highest BCUT2D eigenvalue weighted by Gasteiger charge is 2.20. The fourth-order valence-electron chi connectivity index (χ4n) is 2.39. The van der Waals surface area contributed by atoms with E-state index in [-0.39, 0.29) is 6.04 Å². The van der Waals surface area contributed by atoms with Gasteiger partial charge in [0.05, 0.1) is 0 Å². The van der Waals surface area contributed by atoms with Crippen LogP contribution in [0.2, 0.25) is 0 Å². The second kappa shape index (κ2) is 5.75. The Labute approximate surface area is 131 Å². The van der Waals surface area contributed by atoms with E-state index in [4.69, 9.17) is 0 Å². The molecule has 20 heavy (non-hydrogen) atoms. The van der Waals surface area contributed by atoms with Crippen LogP contribution < -0.4 is 0 Å². The van der Waals surface area contributed by atoms with Crippen molar-refractivity contribution in [2.45, 2.75) is 13.0 Å². The van der Waals surface area contributed by atoms with Crippen LogP contribution in [-0.2, 0) is 0 Å². The van der Waals surface area contributed by atoms with Gasteiger partial charge in [-0.1, -0.05) is 54.6 Å². The Morgan fingerprint density at radius 3 is 2.35 bits per heavy atom. The molecule has 3 rings (SSSR count). The van der Waals surface area contributed by atoms with Crippen molar-refractivity contribution in [2.75, 3.05) is 0 Å². The van der Waals surface area contributed by atoms with E-state index in [1.807, 2.05) is 10.7 Å². The maximum atomic E-state index is 4.41. The monoisotopic (exact) mass is 375 g/mol. The zero-order valence-corrected chi connectivity index (χ0v) is 13.2. The van der Waals surface area contributed by atoms with Crippen LogP contribution in [-0.4, -0.2) is 14.8 Å². The van der Waals surface area contributed by atoms with Gasteiger partial charge in [0.15, 0.2) is 3.83 Å². The predicted molar refractivity (Wildman–Crippen MR) is 87.6 cm³/mol. The highest BCUT2D eigenvalue weighted by molar-refractivity contribution is 14.1. The average molecular weight is 375 g/mol. The number of halogens is 1. The first-order valence-electron chi connectivity index (χ1n) is 6.43. The second-order valence-electron chi connectivity index (χ2n) is 4.64. The SMILES string of the molecule is Cc1ccccc1C(c1ccccc1)n1ncnc1I. The quantitative estimate of drug-likeness (QED) is 0.652. The predicted octanol–water partition coefficient (Wildman–Crippen LogP) is 3.83. The lowest BCUT2D eigenvalue weighted by atomic mass is 9.95. The van der Waals surface area contributed by atoms with Gasteiger partial charge >= 0.3 is 0 Å². The van der Waals surface area contributed by atoms with E-state index in [1.165, 1.54) is 16.7 Å². The number of rotatable bonds is 3. The fraction of sp³-hybridized carbons (Fsp3) is 0.125. The van der Waals surface area contributed by atoms with Crippen LogP contribution in [0.4, 0.5) is 0 Å². The van der Waals surface area contributed by atoms with Gasteiger partial charge in [0.1, 0.15) is 12.4 Å². The molecule has 0 saturated carbocycles. The van der Waals surface area contributed by atoms with Crippen molar-refractivity contribution in [1.29, 1.82) is 0 Å². The van der Waals surface area contributed by atoms with E-state index in [2.05, 4.69) is 88.1 Å². The fourth-order valence-corrected chi connectivity index (χ4v) is 2.92. The van der Waals surface area contributed by atoms with Crippen molar-refractivity contribution in [3.8, 4) is 0 Å². The molecule has 1 aromatic heterocycles. The van der Waals surface area contributed by atoms with Gasteiger partial charge in [-0.3, -0.25) is 0 Å². The molecule has 1 atom stereocenters. The number of hydrogen-bond donors (Lipinski definition) is 0. The number of aromatic nitrogens is 3. The summed E-state index contributed by atoms with van der Waals surface area (Å²) >= 11 is 2.23. The van der Waals surface area contributed by atoms with E-state index < -0.39 is 0 Å². The van der Waals surface area contributed by atoms with Crippen LogP contribution >= 0.6 is 22.6 Å². The molecule has 0 amide bonds. The van der Waals surface area contributed by atoms with E-state index in [9.17, 15) is 0 Å². The minimum Gasteiger partial charge on any atom is -0.229 e. The van der Waals surface area contributed by atoms with Crippen molar-refractivity contribution in [3.63, 3.8) is 0 Å². The molecule has 2 aromatic carbocycles. The summed E-state index contributed by atoms with van der Waals surface area (Å²) in [6, 6.07) is 18.9. The molecule has 1 heterocycles. The molecular formula is C16H14IN3. The molecule has 0 N–H and O–H groups in total. The van der Waals surface area contributed by atoms with E-state index >= 15 is 0 Å².